The van der Waals surface area contributed by atoms with E-state index in [1.807, 2.05) is 60.7 Å². The van der Waals surface area contributed by atoms with E-state index in [9.17, 15) is 0 Å². The van der Waals surface area contributed by atoms with E-state index in [2.05, 4.69) is 12.1 Å². The van der Waals surface area contributed by atoms with Crippen molar-refractivity contribution in [1.82, 2.24) is 0 Å². The van der Waals surface area contributed by atoms with Gasteiger partial charge in [-0.15, -0.1) is 0 Å². The van der Waals surface area contributed by atoms with Crippen LogP contribution in [0.15, 0.2) is 72.8 Å². The Morgan fingerprint density at radius 1 is 0.632 bits per heavy atom. The first-order chi connectivity index (χ1) is 9.43. The lowest BCUT2D eigenvalue weighted by atomic mass is 10.1. The summed E-state index contributed by atoms with van der Waals surface area (Å²) < 4.78 is 11.2. The molecule has 3 aromatic carbocycles. The van der Waals surface area contributed by atoms with Crippen molar-refractivity contribution in [2.24, 2.45) is 0 Å². The molecule has 0 bridgehead atoms. The van der Waals surface area contributed by atoms with Crippen LogP contribution < -0.4 is 9.31 Å². The van der Waals surface area contributed by atoms with Crippen molar-refractivity contribution >= 4 is 18.5 Å². The number of para-hydroxylation sites is 1. The maximum atomic E-state index is 5.70. The van der Waals surface area contributed by atoms with E-state index in [1.165, 1.54) is 5.39 Å². The monoisotopic (exact) mass is 248 g/mol. The second-order valence-electron chi connectivity index (χ2n) is 4.20. The Morgan fingerprint density at radius 2 is 1.37 bits per heavy atom. The van der Waals surface area contributed by atoms with Gasteiger partial charge in [0.15, 0.2) is 0 Å². The van der Waals surface area contributed by atoms with Crippen molar-refractivity contribution in [2.75, 3.05) is 0 Å². The minimum absolute atomic E-state index is 0.206. The van der Waals surface area contributed by atoms with Gasteiger partial charge in [0.25, 0.3) is 0 Å². The van der Waals surface area contributed by atoms with Crippen LogP contribution in [0, 0.1) is 0 Å². The predicted molar refractivity (Wildman–Crippen MR) is 78.8 cm³/mol. The molecule has 3 heteroatoms. The van der Waals surface area contributed by atoms with Gasteiger partial charge in [-0.3, -0.25) is 0 Å². The van der Waals surface area contributed by atoms with E-state index in [1.54, 1.807) is 0 Å². The van der Waals surface area contributed by atoms with Gasteiger partial charge in [-0.05, 0) is 23.6 Å². The van der Waals surface area contributed by atoms with Gasteiger partial charge in [0, 0.05) is 5.39 Å². The molecule has 92 valence electrons. The van der Waals surface area contributed by atoms with Crippen LogP contribution in [0.25, 0.3) is 10.8 Å². The molecule has 0 amide bonds. The van der Waals surface area contributed by atoms with Crippen LogP contribution >= 0.6 is 0 Å². The molecule has 0 aliphatic carbocycles. The maximum Gasteiger partial charge on any atom is 0.576 e. The normalized spacial score (nSPS) is 10.1. The summed E-state index contributed by atoms with van der Waals surface area (Å²) in [7, 11) is 0.206. The van der Waals surface area contributed by atoms with Crippen LogP contribution in [-0.2, 0) is 0 Å². The van der Waals surface area contributed by atoms with Crippen LogP contribution in [0.4, 0.5) is 0 Å². The molecule has 0 atom stereocenters. The molecule has 0 radical (unpaired) electrons. The number of rotatable bonds is 4. The first-order valence-electron chi connectivity index (χ1n) is 6.22. The van der Waals surface area contributed by atoms with Crippen LogP contribution in [-0.4, -0.2) is 7.69 Å². The summed E-state index contributed by atoms with van der Waals surface area (Å²) in [4.78, 5) is 0. The van der Waals surface area contributed by atoms with E-state index in [-0.39, 0.29) is 7.69 Å². The Bertz CT molecular complexity index is 662. The largest absolute Gasteiger partial charge is 0.576 e. The Hall–Kier alpha value is -2.42. The second kappa shape index (κ2) is 5.48. The molecular weight excluding hydrogens is 235 g/mol. The van der Waals surface area contributed by atoms with Gasteiger partial charge in [-0.2, -0.15) is 0 Å². The van der Waals surface area contributed by atoms with Gasteiger partial charge >= 0.3 is 7.69 Å². The van der Waals surface area contributed by atoms with Crippen LogP contribution in [0.5, 0.6) is 11.5 Å². The molecule has 0 saturated heterocycles. The Morgan fingerprint density at radius 3 is 2.26 bits per heavy atom. The topological polar surface area (TPSA) is 18.5 Å². The van der Waals surface area contributed by atoms with E-state index in [4.69, 9.17) is 9.31 Å². The minimum atomic E-state index is 0.206. The molecule has 0 saturated carbocycles. The van der Waals surface area contributed by atoms with Crippen molar-refractivity contribution in [3.63, 3.8) is 0 Å². The molecule has 0 aliphatic rings. The molecule has 0 spiro atoms. The van der Waals surface area contributed by atoms with Gasteiger partial charge in [0.05, 0.1) is 0 Å². The molecule has 0 aromatic heterocycles. The molecule has 0 heterocycles. The van der Waals surface area contributed by atoms with Crippen molar-refractivity contribution in [2.45, 2.75) is 0 Å². The summed E-state index contributed by atoms with van der Waals surface area (Å²) in [5, 5.41) is 2.27. The van der Waals surface area contributed by atoms with E-state index in [0.29, 0.717) is 0 Å². The maximum absolute atomic E-state index is 5.70. The Kier molecular flexibility index (Phi) is 3.37. The highest BCUT2D eigenvalue weighted by Crippen LogP contribution is 2.24. The fourth-order valence-corrected chi connectivity index (χ4v) is 2.00. The highest BCUT2D eigenvalue weighted by atomic mass is 16.6. The number of benzene rings is 3. The van der Waals surface area contributed by atoms with Gasteiger partial charge < -0.3 is 9.31 Å². The average Bonchev–Trinajstić information content (AvgIpc) is 2.49. The summed E-state index contributed by atoms with van der Waals surface area (Å²) in [5.41, 5.74) is 0. The first-order valence-corrected chi connectivity index (χ1v) is 6.22. The molecule has 2 nitrogen and oxygen atoms in total. The zero-order chi connectivity index (χ0) is 12.9. The highest BCUT2D eigenvalue weighted by Gasteiger charge is 2.03. The molecule has 0 fully saturated rings. The summed E-state index contributed by atoms with van der Waals surface area (Å²) in [5.74, 6) is 1.65. The second-order valence-corrected chi connectivity index (χ2v) is 4.20. The van der Waals surface area contributed by atoms with Gasteiger partial charge in [0.1, 0.15) is 11.5 Å². The number of hydrogen-bond acceptors (Lipinski definition) is 2. The molecule has 0 unspecified atom stereocenters. The van der Waals surface area contributed by atoms with Crippen LogP contribution in [0.2, 0.25) is 0 Å². The quantitative estimate of drug-likeness (QED) is 0.657. The van der Waals surface area contributed by atoms with Crippen molar-refractivity contribution in [1.29, 1.82) is 0 Å². The highest BCUT2D eigenvalue weighted by molar-refractivity contribution is 6.21. The van der Waals surface area contributed by atoms with Gasteiger partial charge in [-0.25, -0.2) is 0 Å². The Balaban J connectivity index is 1.72. The van der Waals surface area contributed by atoms with Crippen LogP contribution in [0.3, 0.4) is 0 Å². The van der Waals surface area contributed by atoms with E-state index < -0.39 is 0 Å². The fourth-order valence-electron chi connectivity index (χ4n) is 2.00. The van der Waals surface area contributed by atoms with Gasteiger partial charge in [0.2, 0.25) is 0 Å². The van der Waals surface area contributed by atoms with Gasteiger partial charge in [-0.1, -0.05) is 54.6 Å². The average molecular weight is 248 g/mol. The molecule has 3 aromatic rings. The lowest BCUT2D eigenvalue weighted by Gasteiger charge is -2.09. The van der Waals surface area contributed by atoms with E-state index in [0.717, 1.165) is 16.9 Å². The third-order valence-corrected chi connectivity index (χ3v) is 2.93. The molecular formula is C16H13BO2. The third-order valence-electron chi connectivity index (χ3n) is 2.93. The van der Waals surface area contributed by atoms with Crippen molar-refractivity contribution in [3.05, 3.63) is 72.8 Å². The summed E-state index contributed by atoms with van der Waals surface area (Å²) in [6, 6.07) is 23.8. The SMILES string of the molecule is B(Oc1ccccc1)Oc1cccc2ccccc12. The molecule has 19 heavy (non-hydrogen) atoms. The number of fused-ring (bicyclic) bond motifs is 1. The zero-order valence-corrected chi connectivity index (χ0v) is 10.5. The first kappa shape index (κ1) is 11.7. The standard InChI is InChI=1S/C16H13BO2/c1-2-9-14(10-3-1)18-17-19-16-12-6-8-13-7-4-5-11-15(13)16/h1-12,17H. The minimum Gasteiger partial charge on any atom is -0.529 e. The fraction of sp³-hybridized carbons (Fsp3) is 0. The lowest BCUT2D eigenvalue weighted by molar-refractivity contribution is 0.462. The van der Waals surface area contributed by atoms with Crippen molar-refractivity contribution < 1.29 is 9.31 Å². The lowest BCUT2D eigenvalue weighted by Crippen LogP contribution is -2.10. The Labute approximate surface area is 112 Å². The number of hydrogen-bond donors (Lipinski definition) is 0. The summed E-state index contributed by atoms with van der Waals surface area (Å²) >= 11 is 0. The molecule has 0 aliphatic heterocycles. The third kappa shape index (κ3) is 2.71. The van der Waals surface area contributed by atoms with Crippen LogP contribution in [0.1, 0.15) is 0 Å². The zero-order valence-electron chi connectivity index (χ0n) is 10.5. The van der Waals surface area contributed by atoms with E-state index >= 15 is 0 Å². The van der Waals surface area contributed by atoms with Crippen molar-refractivity contribution in [3.8, 4) is 11.5 Å². The molecule has 3 rings (SSSR count). The predicted octanol–water partition coefficient (Wildman–Crippen LogP) is 3.56. The summed E-state index contributed by atoms with van der Waals surface area (Å²) in [6.07, 6.45) is 0. The molecule has 0 N–H and O–H groups in total. The summed E-state index contributed by atoms with van der Waals surface area (Å²) in [6.45, 7) is 0. The smallest absolute Gasteiger partial charge is 0.529 e.